The number of benzene rings is 1. The summed E-state index contributed by atoms with van der Waals surface area (Å²) in [5.41, 5.74) is 1.73. The molecule has 0 radical (unpaired) electrons. The van der Waals surface area contributed by atoms with Gasteiger partial charge in [0, 0.05) is 17.1 Å². The second-order valence-corrected chi connectivity index (χ2v) is 9.19. The summed E-state index contributed by atoms with van der Waals surface area (Å²) >= 11 is 0. The van der Waals surface area contributed by atoms with E-state index < -0.39 is 26.7 Å². The molecule has 0 bridgehead atoms. The van der Waals surface area contributed by atoms with Gasteiger partial charge >= 0.3 is 0 Å². The van der Waals surface area contributed by atoms with Gasteiger partial charge in [-0.1, -0.05) is 18.2 Å². The summed E-state index contributed by atoms with van der Waals surface area (Å²) in [6, 6.07) is 8.40. The van der Waals surface area contributed by atoms with Crippen molar-refractivity contribution >= 4 is 26.8 Å². The first kappa shape index (κ1) is 19.0. The van der Waals surface area contributed by atoms with Crippen LogP contribution in [0.5, 0.6) is 0 Å². The number of hydrogen-bond acceptors (Lipinski definition) is 4. The largest absolute Gasteiger partial charge is 0.361 e. The van der Waals surface area contributed by atoms with Gasteiger partial charge in [0.1, 0.15) is 12.6 Å². The van der Waals surface area contributed by atoms with E-state index in [0.29, 0.717) is 0 Å². The number of aromatic nitrogens is 1. The maximum Gasteiger partial charge on any atom is 0.239 e. The number of hydrogen-bond donors (Lipinski definition) is 3. The van der Waals surface area contributed by atoms with E-state index in [2.05, 4.69) is 15.0 Å². The molecule has 134 valence electrons. The van der Waals surface area contributed by atoms with Crippen molar-refractivity contribution in [1.29, 1.82) is 5.26 Å². The van der Waals surface area contributed by atoms with E-state index in [0.717, 1.165) is 16.5 Å². The third kappa shape index (κ3) is 4.38. The Morgan fingerprint density at radius 2 is 2.00 bits per heavy atom. The molecule has 0 spiro atoms. The predicted molar refractivity (Wildman–Crippen MR) is 96.2 cm³/mol. The highest BCUT2D eigenvalue weighted by atomic mass is 32.2. The summed E-state index contributed by atoms with van der Waals surface area (Å²) in [5.74, 6) is -0.528. The molecule has 7 nitrogen and oxygen atoms in total. The fourth-order valence-electron chi connectivity index (χ4n) is 2.32. The van der Waals surface area contributed by atoms with Crippen molar-refractivity contribution in [2.75, 3.05) is 6.54 Å². The summed E-state index contributed by atoms with van der Waals surface area (Å²) in [7, 11) is -3.73. The number of carbonyl (C=O) groups excluding carboxylic acids is 1. The molecule has 0 saturated carbocycles. The first-order chi connectivity index (χ1) is 11.7. The number of H-pyrrole nitrogens is 1. The zero-order chi connectivity index (χ0) is 18.7. The smallest absolute Gasteiger partial charge is 0.239 e. The third-order valence-electron chi connectivity index (χ3n) is 3.86. The van der Waals surface area contributed by atoms with Crippen LogP contribution in [-0.4, -0.2) is 36.6 Å². The molecule has 2 aromatic rings. The molecule has 1 amide bonds. The van der Waals surface area contributed by atoms with Gasteiger partial charge in [0.25, 0.3) is 0 Å². The quantitative estimate of drug-likeness (QED) is 0.674. The van der Waals surface area contributed by atoms with Crippen LogP contribution in [0.1, 0.15) is 26.3 Å². The van der Waals surface area contributed by atoms with Crippen molar-refractivity contribution in [1.82, 2.24) is 15.0 Å². The number of nitrogens with one attached hydrogen (secondary N) is 3. The van der Waals surface area contributed by atoms with Gasteiger partial charge in [0.05, 0.1) is 10.8 Å². The lowest BCUT2D eigenvalue weighted by atomic mass is 10.1. The molecule has 3 N–H and O–H groups in total. The van der Waals surface area contributed by atoms with Gasteiger partial charge in [0.2, 0.25) is 15.9 Å². The van der Waals surface area contributed by atoms with Crippen molar-refractivity contribution in [3.63, 3.8) is 0 Å². The molecule has 1 atom stereocenters. The molecule has 8 heteroatoms. The van der Waals surface area contributed by atoms with E-state index in [4.69, 9.17) is 5.26 Å². The first-order valence-corrected chi connectivity index (χ1v) is 9.35. The van der Waals surface area contributed by atoms with Crippen molar-refractivity contribution in [2.45, 2.75) is 38.0 Å². The number of amides is 1. The van der Waals surface area contributed by atoms with E-state index >= 15 is 0 Å². The number of rotatable bonds is 6. The molecule has 1 aromatic carbocycles. The topological polar surface area (TPSA) is 115 Å². The van der Waals surface area contributed by atoms with Crippen molar-refractivity contribution in [2.24, 2.45) is 0 Å². The fourth-order valence-corrected chi connectivity index (χ4v) is 3.24. The highest BCUT2D eigenvalue weighted by molar-refractivity contribution is 7.90. The van der Waals surface area contributed by atoms with Gasteiger partial charge in [-0.3, -0.25) is 4.79 Å². The van der Waals surface area contributed by atoms with Crippen LogP contribution in [0.4, 0.5) is 0 Å². The predicted octanol–water partition coefficient (Wildman–Crippen LogP) is 1.44. The Bertz CT molecular complexity index is 904. The maximum absolute atomic E-state index is 12.5. The Kier molecular flexibility index (Phi) is 5.50. The molecule has 0 aliphatic rings. The van der Waals surface area contributed by atoms with Crippen LogP contribution in [0.2, 0.25) is 0 Å². The number of nitrogens with zero attached hydrogens (tertiary/aromatic N) is 1. The summed E-state index contributed by atoms with van der Waals surface area (Å²) in [6.45, 7) is 4.50. The van der Waals surface area contributed by atoms with Gasteiger partial charge in [-0.25, -0.2) is 13.1 Å². The third-order valence-corrected chi connectivity index (χ3v) is 6.07. The van der Waals surface area contributed by atoms with Crippen LogP contribution in [0.3, 0.4) is 0 Å². The molecule has 0 aliphatic carbocycles. The van der Waals surface area contributed by atoms with Crippen LogP contribution in [0.15, 0.2) is 30.5 Å². The Morgan fingerprint density at radius 1 is 1.32 bits per heavy atom. The normalized spacial score (nSPS) is 13.4. The number of carbonyl (C=O) groups is 1. The first-order valence-electron chi connectivity index (χ1n) is 7.87. The van der Waals surface area contributed by atoms with E-state index in [9.17, 15) is 13.2 Å². The summed E-state index contributed by atoms with van der Waals surface area (Å²) < 4.78 is 26.4. The van der Waals surface area contributed by atoms with Crippen LogP contribution >= 0.6 is 0 Å². The Labute approximate surface area is 147 Å². The average Bonchev–Trinajstić information content (AvgIpc) is 2.94. The van der Waals surface area contributed by atoms with Gasteiger partial charge in [-0.2, -0.15) is 5.26 Å². The lowest BCUT2D eigenvalue weighted by Crippen LogP contribution is -2.52. The van der Waals surface area contributed by atoms with Gasteiger partial charge in [-0.15, -0.1) is 0 Å². The van der Waals surface area contributed by atoms with Crippen molar-refractivity contribution in [3.05, 3.63) is 36.0 Å². The van der Waals surface area contributed by atoms with Gasteiger partial charge in [0.15, 0.2) is 0 Å². The van der Waals surface area contributed by atoms with Crippen LogP contribution in [0, 0.1) is 11.3 Å². The standard InChI is InChI=1S/C17H22N4O3S/c1-17(2,3)25(23,24)21-15(16(22)19-9-8-18)10-12-11-20-14-7-5-4-6-13(12)14/h4-7,11,15,20-21H,9-10H2,1-3H3,(H,19,22). The van der Waals surface area contributed by atoms with Crippen LogP contribution < -0.4 is 10.0 Å². The lowest BCUT2D eigenvalue weighted by Gasteiger charge is -2.24. The maximum atomic E-state index is 12.5. The zero-order valence-electron chi connectivity index (χ0n) is 14.5. The molecule has 0 aliphatic heterocycles. The van der Waals surface area contributed by atoms with E-state index in [1.165, 1.54) is 0 Å². The van der Waals surface area contributed by atoms with E-state index in [-0.39, 0.29) is 13.0 Å². The highest BCUT2D eigenvalue weighted by Gasteiger charge is 2.34. The van der Waals surface area contributed by atoms with Crippen molar-refractivity contribution in [3.8, 4) is 6.07 Å². The molecule has 2 rings (SSSR count). The number of aromatic amines is 1. The second-order valence-electron chi connectivity index (χ2n) is 6.73. The van der Waals surface area contributed by atoms with Gasteiger partial charge in [-0.05, 0) is 38.8 Å². The Morgan fingerprint density at radius 3 is 2.64 bits per heavy atom. The highest BCUT2D eigenvalue weighted by Crippen LogP contribution is 2.20. The minimum absolute atomic E-state index is 0.177. The number of sulfonamides is 1. The fraction of sp³-hybridized carbons (Fsp3) is 0.412. The molecule has 1 unspecified atom stereocenters. The summed E-state index contributed by atoms with van der Waals surface area (Å²) in [5, 5.41) is 12.0. The van der Waals surface area contributed by atoms with Gasteiger partial charge < -0.3 is 10.3 Å². The lowest BCUT2D eigenvalue weighted by molar-refractivity contribution is -0.122. The zero-order valence-corrected chi connectivity index (χ0v) is 15.3. The number of para-hydroxylation sites is 1. The number of fused-ring (bicyclic) bond motifs is 1. The molecule has 1 heterocycles. The Balaban J connectivity index is 2.32. The molecule has 1 aromatic heterocycles. The van der Waals surface area contributed by atoms with E-state index in [1.807, 2.05) is 30.3 Å². The number of nitriles is 1. The summed E-state index contributed by atoms with van der Waals surface area (Å²) in [4.78, 5) is 15.5. The van der Waals surface area contributed by atoms with Crippen LogP contribution in [-0.2, 0) is 21.2 Å². The molecular weight excluding hydrogens is 340 g/mol. The average molecular weight is 362 g/mol. The monoisotopic (exact) mass is 362 g/mol. The molecular formula is C17H22N4O3S. The minimum Gasteiger partial charge on any atom is -0.361 e. The van der Waals surface area contributed by atoms with E-state index in [1.54, 1.807) is 27.0 Å². The van der Waals surface area contributed by atoms with Crippen molar-refractivity contribution < 1.29 is 13.2 Å². The minimum atomic E-state index is -3.73. The summed E-state index contributed by atoms with van der Waals surface area (Å²) in [6.07, 6.45) is 1.94. The molecule has 0 fully saturated rings. The SMILES string of the molecule is CC(C)(C)S(=O)(=O)NC(Cc1c[nH]c2ccccc12)C(=O)NCC#N. The Hall–Kier alpha value is -2.37. The second kappa shape index (κ2) is 7.25. The molecule has 25 heavy (non-hydrogen) atoms. The van der Waals surface area contributed by atoms with Crippen LogP contribution in [0.25, 0.3) is 10.9 Å². The molecule has 0 saturated heterocycles.